The molecule has 1 aliphatic heterocycles. The minimum atomic E-state index is -0.369. The number of rotatable bonds is 5. The summed E-state index contributed by atoms with van der Waals surface area (Å²) in [4.78, 5) is 12.5. The Morgan fingerprint density at radius 1 is 1.27 bits per heavy atom. The molecule has 1 aliphatic rings. The van der Waals surface area contributed by atoms with Crippen LogP contribution in [0.3, 0.4) is 0 Å². The van der Waals surface area contributed by atoms with Gasteiger partial charge >= 0.3 is 0 Å². The fourth-order valence-corrected chi connectivity index (χ4v) is 3.42. The Balaban J connectivity index is 2.00. The third-order valence-electron chi connectivity index (χ3n) is 3.82. The molecule has 120 valence electrons. The number of aromatic nitrogens is 4. The lowest BCUT2D eigenvalue weighted by Crippen LogP contribution is -2.36. The van der Waals surface area contributed by atoms with Gasteiger partial charge < -0.3 is 19.9 Å². The summed E-state index contributed by atoms with van der Waals surface area (Å²) < 4.78 is 19.2. The summed E-state index contributed by atoms with van der Waals surface area (Å²) in [6, 6.07) is 0. The van der Waals surface area contributed by atoms with Crippen LogP contribution in [0.15, 0.2) is 12.7 Å². The summed E-state index contributed by atoms with van der Waals surface area (Å²) in [6.07, 6.45) is 4.26. The van der Waals surface area contributed by atoms with E-state index < -0.39 is 0 Å². The molecule has 8 nitrogen and oxygen atoms in total. The Morgan fingerprint density at radius 3 is 2.73 bits per heavy atom. The maximum absolute atomic E-state index is 6.15. The van der Waals surface area contributed by atoms with Crippen LogP contribution in [0.1, 0.15) is 6.23 Å². The van der Waals surface area contributed by atoms with Crippen LogP contribution in [-0.2, 0) is 14.2 Å². The molecule has 3 rings (SSSR count). The molecule has 0 radical (unpaired) electrons. The van der Waals surface area contributed by atoms with Gasteiger partial charge in [-0.05, 0) is 6.26 Å². The average Bonchev–Trinajstić information content (AvgIpc) is 3.09. The molecule has 0 amide bonds. The normalized spacial score (nSPS) is 28.5. The third kappa shape index (κ3) is 2.43. The molecule has 4 atom stereocenters. The zero-order valence-corrected chi connectivity index (χ0v) is 13.5. The van der Waals surface area contributed by atoms with E-state index in [0.29, 0.717) is 17.0 Å². The number of anilines is 1. The van der Waals surface area contributed by atoms with Crippen molar-refractivity contribution in [2.24, 2.45) is 0 Å². The monoisotopic (exact) mass is 325 g/mol. The smallest absolute Gasteiger partial charge is 0.167 e. The molecule has 3 heterocycles. The van der Waals surface area contributed by atoms with Crippen LogP contribution in [-0.4, -0.2) is 64.1 Å². The van der Waals surface area contributed by atoms with Crippen molar-refractivity contribution in [3.63, 3.8) is 0 Å². The maximum atomic E-state index is 6.15. The number of imidazole rings is 1. The zero-order valence-electron chi connectivity index (χ0n) is 12.7. The number of hydrogen-bond acceptors (Lipinski definition) is 8. The quantitative estimate of drug-likeness (QED) is 0.858. The highest BCUT2D eigenvalue weighted by molar-refractivity contribution is 7.98. The van der Waals surface area contributed by atoms with E-state index in [2.05, 4.69) is 15.0 Å². The summed E-state index contributed by atoms with van der Waals surface area (Å²) in [5.74, 6) is 1.16. The molecule has 1 saturated heterocycles. The largest absolute Gasteiger partial charge is 0.382 e. The zero-order chi connectivity index (χ0) is 15.7. The summed E-state index contributed by atoms with van der Waals surface area (Å²) in [5, 5.41) is 0. The van der Waals surface area contributed by atoms with Crippen molar-refractivity contribution in [3.8, 4) is 0 Å². The number of nitrogens with two attached hydrogens (primary N) is 1. The summed E-state index contributed by atoms with van der Waals surface area (Å²) >= 11 is 1.70. The first-order valence-electron chi connectivity index (χ1n) is 6.84. The van der Waals surface area contributed by atoms with Crippen LogP contribution in [0.4, 0.5) is 5.82 Å². The lowest BCUT2D eigenvalue weighted by molar-refractivity contribution is -0.0505. The molecule has 9 heteroatoms. The van der Waals surface area contributed by atoms with Crippen molar-refractivity contribution in [1.82, 2.24) is 19.5 Å². The Morgan fingerprint density at radius 2 is 2.05 bits per heavy atom. The van der Waals surface area contributed by atoms with Crippen LogP contribution in [0.25, 0.3) is 11.2 Å². The molecule has 0 spiro atoms. The van der Waals surface area contributed by atoms with Crippen molar-refractivity contribution in [2.45, 2.75) is 24.5 Å². The first-order valence-corrected chi connectivity index (χ1v) is 8.23. The van der Waals surface area contributed by atoms with Gasteiger partial charge in [-0.25, -0.2) is 15.0 Å². The van der Waals surface area contributed by atoms with E-state index in [1.54, 1.807) is 32.3 Å². The van der Waals surface area contributed by atoms with Crippen LogP contribution < -0.4 is 5.73 Å². The number of fused-ring (bicyclic) bond motifs is 1. The van der Waals surface area contributed by atoms with Gasteiger partial charge in [-0.1, -0.05) is 0 Å². The Kier molecular flexibility index (Phi) is 4.48. The molecule has 1 fully saturated rings. The molecule has 2 unspecified atom stereocenters. The highest BCUT2D eigenvalue weighted by atomic mass is 32.2. The van der Waals surface area contributed by atoms with E-state index in [9.17, 15) is 0 Å². The van der Waals surface area contributed by atoms with E-state index in [4.69, 9.17) is 19.9 Å². The molecule has 0 aromatic carbocycles. The molecule has 0 bridgehead atoms. The van der Waals surface area contributed by atoms with Crippen molar-refractivity contribution in [1.29, 1.82) is 0 Å². The molecule has 0 saturated carbocycles. The SMILES string of the molecule is COC1C(OC)[C@@H](CSC)O[C@H]1n1cnc2c(N)ncnc21. The van der Waals surface area contributed by atoms with Gasteiger partial charge in [-0.15, -0.1) is 0 Å². The van der Waals surface area contributed by atoms with Crippen LogP contribution in [0, 0.1) is 0 Å². The number of nitrogen functional groups attached to an aromatic ring is 1. The van der Waals surface area contributed by atoms with Gasteiger partial charge in [0.2, 0.25) is 0 Å². The lowest BCUT2D eigenvalue weighted by atomic mass is 10.1. The topological polar surface area (TPSA) is 97.3 Å². The van der Waals surface area contributed by atoms with Crippen molar-refractivity contribution >= 4 is 28.7 Å². The number of thioether (sulfide) groups is 1. The summed E-state index contributed by atoms with van der Waals surface area (Å²) in [7, 11) is 3.32. The van der Waals surface area contributed by atoms with Gasteiger partial charge in [0.25, 0.3) is 0 Å². The first-order chi connectivity index (χ1) is 10.7. The fraction of sp³-hybridized carbons (Fsp3) is 0.615. The van der Waals surface area contributed by atoms with Gasteiger partial charge in [0.15, 0.2) is 17.7 Å². The van der Waals surface area contributed by atoms with Crippen molar-refractivity contribution in [2.75, 3.05) is 32.0 Å². The summed E-state index contributed by atoms with van der Waals surface area (Å²) in [6.45, 7) is 0. The van der Waals surface area contributed by atoms with Gasteiger partial charge in [-0.2, -0.15) is 11.8 Å². The standard InChI is InChI=1S/C13H19N5O3S/c1-19-9-7(4-22-3)21-13(10(9)20-2)18-6-17-8-11(14)15-5-16-12(8)18/h5-7,9-10,13H,4H2,1-3H3,(H2,14,15,16)/t7-,9?,10?,13-/m1/s1. The van der Waals surface area contributed by atoms with Gasteiger partial charge in [0.05, 0.1) is 12.4 Å². The molecule has 2 aromatic heterocycles. The molecule has 2 aromatic rings. The molecular formula is C13H19N5O3S. The second-order valence-electron chi connectivity index (χ2n) is 5.00. The van der Waals surface area contributed by atoms with Crippen LogP contribution in [0.5, 0.6) is 0 Å². The highest BCUT2D eigenvalue weighted by Gasteiger charge is 2.46. The van der Waals surface area contributed by atoms with Crippen LogP contribution >= 0.6 is 11.8 Å². The van der Waals surface area contributed by atoms with Crippen molar-refractivity contribution in [3.05, 3.63) is 12.7 Å². The fourth-order valence-electron chi connectivity index (χ4n) is 2.82. The second-order valence-corrected chi connectivity index (χ2v) is 5.91. The second kappa shape index (κ2) is 6.37. The minimum absolute atomic E-state index is 0.0633. The highest BCUT2D eigenvalue weighted by Crippen LogP contribution is 2.35. The van der Waals surface area contributed by atoms with E-state index in [1.165, 1.54) is 6.33 Å². The average molecular weight is 325 g/mol. The third-order valence-corrected chi connectivity index (χ3v) is 4.48. The number of nitrogens with zero attached hydrogens (tertiary/aromatic N) is 4. The minimum Gasteiger partial charge on any atom is -0.382 e. The predicted octanol–water partition coefficient (Wildman–Crippen LogP) is 0.699. The van der Waals surface area contributed by atoms with E-state index in [1.807, 2.05) is 10.8 Å². The number of methoxy groups -OCH3 is 2. The molecule has 0 aliphatic carbocycles. The number of hydrogen-bond donors (Lipinski definition) is 1. The molecule has 22 heavy (non-hydrogen) atoms. The van der Waals surface area contributed by atoms with Crippen LogP contribution in [0.2, 0.25) is 0 Å². The Labute approximate surface area is 132 Å². The van der Waals surface area contributed by atoms with E-state index in [0.717, 1.165) is 5.75 Å². The Bertz CT molecular complexity index is 652. The molecule has 2 N–H and O–H groups in total. The maximum Gasteiger partial charge on any atom is 0.167 e. The van der Waals surface area contributed by atoms with E-state index in [-0.39, 0.29) is 24.5 Å². The predicted molar refractivity (Wildman–Crippen MR) is 83.6 cm³/mol. The molecular weight excluding hydrogens is 306 g/mol. The van der Waals surface area contributed by atoms with Gasteiger partial charge in [0, 0.05) is 20.0 Å². The van der Waals surface area contributed by atoms with Gasteiger partial charge in [-0.3, -0.25) is 4.57 Å². The van der Waals surface area contributed by atoms with Crippen molar-refractivity contribution < 1.29 is 14.2 Å². The first kappa shape index (κ1) is 15.5. The van der Waals surface area contributed by atoms with E-state index >= 15 is 0 Å². The summed E-state index contributed by atoms with van der Waals surface area (Å²) in [5.41, 5.74) is 7.02. The lowest BCUT2D eigenvalue weighted by Gasteiger charge is -2.21. The van der Waals surface area contributed by atoms with Gasteiger partial charge in [0.1, 0.15) is 24.1 Å². The number of ether oxygens (including phenoxy) is 3. The Hall–Kier alpha value is -1.42.